The summed E-state index contributed by atoms with van der Waals surface area (Å²) in [5.74, 6) is -1.44. The third-order valence-corrected chi connectivity index (χ3v) is 7.44. The lowest BCUT2D eigenvalue weighted by molar-refractivity contribution is -0.137. The number of benzene rings is 1. The van der Waals surface area contributed by atoms with E-state index in [0.29, 0.717) is 33.6 Å². The van der Waals surface area contributed by atoms with E-state index in [1.807, 2.05) is 0 Å². The number of carboxylic acids is 1. The maximum atomic E-state index is 13.6. The zero-order valence-electron chi connectivity index (χ0n) is 19.9. The standard InChI is InChI=1S/C26H25F2N5O3S/c27-19-9-7-16(11-20(19)28)26-30-14-21(37-26)17(13-24(34)35)12-23-32-22(33-36-23)5-1-4-18-8-6-15-3-2-10-29-25(15)31-18/h6-9,11,14,17H,1-5,10,12-13H2,(H,29,31)(H,34,35). The molecular formula is C26H25F2N5O3S. The van der Waals surface area contributed by atoms with Crippen LogP contribution in [-0.2, 0) is 30.5 Å². The molecule has 192 valence electrons. The van der Waals surface area contributed by atoms with Crippen LogP contribution in [0.15, 0.2) is 41.1 Å². The third-order valence-electron chi connectivity index (χ3n) is 6.23. The van der Waals surface area contributed by atoms with Crippen LogP contribution in [-0.4, -0.2) is 37.7 Å². The van der Waals surface area contributed by atoms with Gasteiger partial charge < -0.3 is 14.9 Å². The molecule has 0 spiro atoms. The minimum Gasteiger partial charge on any atom is -0.481 e. The van der Waals surface area contributed by atoms with Gasteiger partial charge in [-0.05, 0) is 55.5 Å². The molecule has 0 fully saturated rings. The fourth-order valence-electron chi connectivity index (χ4n) is 4.34. The predicted octanol–water partition coefficient (Wildman–Crippen LogP) is 5.20. The van der Waals surface area contributed by atoms with Crippen molar-refractivity contribution >= 4 is 23.1 Å². The number of nitrogens with one attached hydrogen (secondary N) is 1. The number of halogens is 2. The topological polar surface area (TPSA) is 114 Å². The molecule has 0 saturated carbocycles. The molecule has 8 nitrogen and oxygen atoms in total. The number of thiazole rings is 1. The van der Waals surface area contributed by atoms with Crippen molar-refractivity contribution in [2.24, 2.45) is 0 Å². The molecule has 0 saturated heterocycles. The summed E-state index contributed by atoms with van der Waals surface area (Å²) in [5, 5.41) is 17.3. The van der Waals surface area contributed by atoms with Gasteiger partial charge in [0, 0.05) is 47.6 Å². The van der Waals surface area contributed by atoms with Gasteiger partial charge in [-0.2, -0.15) is 4.98 Å². The molecule has 1 atom stereocenters. The van der Waals surface area contributed by atoms with Crippen molar-refractivity contribution < 1.29 is 23.2 Å². The van der Waals surface area contributed by atoms with E-state index in [1.165, 1.54) is 23.0 Å². The van der Waals surface area contributed by atoms with Crippen molar-refractivity contribution in [1.82, 2.24) is 20.1 Å². The van der Waals surface area contributed by atoms with Crippen molar-refractivity contribution in [1.29, 1.82) is 0 Å². The lowest BCUT2D eigenvalue weighted by Gasteiger charge is -2.17. The largest absolute Gasteiger partial charge is 0.481 e. The molecule has 0 bridgehead atoms. The number of aliphatic carboxylic acids is 1. The monoisotopic (exact) mass is 525 g/mol. The quantitative estimate of drug-likeness (QED) is 0.290. The Labute approximate surface area is 215 Å². The average Bonchev–Trinajstić information content (AvgIpc) is 3.55. The van der Waals surface area contributed by atoms with Gasteiger partial charge in [0.15, 0.2) is 17.5 Å². The molecule has 0 aliphatic carbocycles. The number of rotatable bonds is 10. The fraction of sp³-hybridized carbons (Fsp3) is 0.346. The summed E-state index contributed by atoms with van der Waals surface area (Å²) >= 11 is 1.23. The van der Waals surface area contributed by atoms with Gasteiger partial charge in [-0.3, -0.25) is 4.79 Å². The van der Waals surface area contributed by atoms with Crippen LogP contribution in [0.5, 0.6) is 0 Å². The molecule has 2 N–H and O–H groups in total. The summed E-state index contributed by atoms with van der Waals surface area (Å²) in [6, 6.07) is 7.75. The van der Waals surface area contributed by atoms with E-state index in [2.05, 4.69) is 32.6 Å². The van der Waals surface area contributed by atoms with Gasteiger partial charge in [0.1, 0.15) is 10.8 Å². The van der Waals surface area contributed by atoms with Crippen LogP contribution < -0.4 is 5.32 Å². The fourth-order valence-corrected chi connectivity index (χ4v) is 5.36. The van der Waals surface area contributed by atoms with Gasteiger partial charge in [0.05, 0.1) is 6.42 Å². The number of aromatic nitrogens is 4. The van der Waals surface area contributed by atoms with E-state index in [4.69, 9.17) is 9.51 Å². The normalized spacial score (nSPS) is 13.7. The number of anilines is 1. The second-order valence-corrected chi connectivity index (χ2v) is 10.1. The number of fused-ring (bicyclic) bond motifs is 1. The number of carboxylic acid groups (broad SMARTS) is 1. The summed E-state index contributed by atoms with van der Waals surface area (Å²) in [5.41, 5.74) is 2.69. The van der Waals surface area contributed by atoms with Gasteiger partial charge in [-0.25, -0.2) is 18.7 Å². The van der Waals surface area contributed by atoms with E-state index in [0.717, 1.165) is 55.9 Å². The molecule has 11 heteroatoms. The molecule has 0 radical (unpaired) electrons. The van der Waals surface area contributed by atoms with Gasteiger partial charge in [-0.15, -0.1) is 11.3 Å². The lowest BCUT2D eigenvalue weighted by atomic mass is 10.0. The first-order chi connectivity index (χ1) is 17.9. The second-order valence-electron chi connectivity index (χ2n) is 8.99. The molecule has 1 aromatic carbocycles. The number of hydrogen-bond acceptors (Lipinski definition) is 8. The third kappa shape index (κ3) is 6.16. The highest BCUT2D eigenvalue weighted by atomic mass is 32.1. The number of pyridine rings is 1. The van der Waals surface area contributed by atoms with E-state index in [9.17, 15) is 18.7 Å². The maximum Gasteiger partial charge on any atom is 0.304 e. The molecule has 4 aromatic rings. The van der Waals surface area contributed by atoms with E-state index >= 15 is 0 Å². The smallest absolute Gasteiger partial charge is 0.304 e. The highest BCUT2D eigenvalue weighted by Crippen LogP contribution is 2.34. The number of aryl methyl sites for hydroxylation is 3. The van der Waals surface area contributed by atoms with E-state index < -0.39 is 23.5 Å². The lowest BCUT2D eigenvalue weighted by Crippen LogP contribution is -2.14. The Morgan fingerprint density at radius 3 is 2.89 bits per heavy atom. The van der Waals surface area contributed by atoms with Gasteiger partial charge in [0.2, 0.25) is 5.89 Å². The first-order valence-electron chi connectivity index (χ1n) is 12.1. The molecule has 0 amide bonds. The Hall–Kier alpha value is -3.73. The van der Waals surface area contributed by atoms with Crippen molar-refractivity contribution in [3.8, 4) is 10.6 Å². The Bertz CT molecular complexity index is 1410. The zero-order chi connectivity index (χ0) is 25.8. The van der Waals surface area contributed by atoms with Crippen molar-refractivity contribution in [2.75, 3.05) is 11.9 Å². The molecule has 1 aliphatic heterocycles. The number of hydrogen-bond donors (Lipinski definition) is 2. The van der Waals surface area contributed by atoms with Crippen LogP contribution in [0.2, 0.25) is 0 Å². The molecule has 3 aromatic heterocycles. The van der Waals surface area contributed by atoms with E-state index in [-0.39, 0.29) is 12.8 Å². The molecular weight excluding hydrogens is 500 g/mol. The van der Waals surface area contributed by atoms with Gasteiger partial charge in [-0.1, -0.05) is 11.2 Å². The summed E-state index contributed by atoms with van der Waals surface area (Å²) < 4.78 is 32.3. The SMILES string of the molecule is O=C(O)CC(Cc1nc(CCCc2ccc3c(n2)NCCC3)no1)c1cnc(-c2ccc(F)c(F)c2)s1. The molecule has 4 heterocycles. The summed E-state index contributed by atoms with van der Waals surface area (Å²) in [4.78, 5) is 25.7. The first kappa shape index (κ1) is 24.9. The van der Waals surface area contributed by atoms with Gasteiger partial charge in [0.25, 0.3) is 0 Å². The molecule has 1 unspecified atom stereocenters. The second kappa shape index (κ2) is 11.1. The van der Waals surface area contributed by atoms with Crippen LogP contribution in [0, 0.1) is 11.6 Å². The summed E-state index contributed by atoms with van der Waals surface area (Å²) in [7, 11) is 0. The van der Waals surface area contributed by atoms with Crippen LogP contribution >= 0.6 is 11.3 Å². The summed E-state index contributed by atoms with van der Waals surface area (Å²) in [6.07, 6.45) is 6.01. The Kier molecular flexibility index (Phi) is 7.50. The van der Waals surface area contributed by atoms with Gasteiger partial charge >= 0.3 is 5.97 Å². The predicted molar refractivity (Wildman–Crippen MR) is 134 cm³/mol. The van der Waals surface area contributed by atoms with Crippen molar-refractivity contribution in [3.63, 3.8) is 0 Å². The minimum absolute atomic E-state index is 0.158. The molecule has 5 rings (SSSR count). The van der Waals surface area contributed by atoms with Crippen LogP contribution in [0.25, 0.3) is 10.6 Å². The number of carbonyl (C=O) groups is 1. The minimum atomic E-state index is -0.973. The van der Waals surface area contributed by atoms with Crippen molar-refractivity contribution in [2.45, 2.75) is 50.9 Å². The van der Waals surface area contributed by atoms with E-state index in [1.54, 1.807) is 6.20 Å². The zero-order valence-corrected chi connectivity index (χ0v) is 20.7. The Morgan fingerprint density at radius 1 is 1.16 bits per heavy atom. The number of nitrogens with zero attached hydrogens (tertiary/aromatic N) is 4. The highest BCUT2D eigenvalue weighted by molar-refractivity contribution is 7.15. The van der Waals surface area contributed by atoms with Crippen LogP contribution in [0.1, 0.15) is 53.0 Å². The van der Waals surface area contributed by atoms with Crippen LogP contribution in [0.4, 0.5) is 14.6 Å². The maximum absolute atomic E-state index is 13.6. The molecule has 1 aliphatic rings. The molecule has 37 heavy (non-hydrogen) atoms. The van der Waals surface area contributed by atoms with Crippen molar-refractivity contribution in [3.05, 3.63) is 76.0 Å². The Balaban J connectivity index is 1.21. The first-order valence-corrected chi connectivity index (χ1v) is 12.9. The summed E-state index contributed by atoms with van der Waals surface area (Å²) in [6.45, 7) is 0.950. The Morgan fingerprint density at radius 2 is 2.05 bits per heavy atom. The van der Waals surface area contributed by atoms with Crippen LogP contribution in [0.3, 0.4) is 0 Å². The average molecular weight is 526 g/mol. The highest BCUT2D eigenvalue weighted by Gasteiger charge is 2.23.